The number of aromatic nitrogens is 1. The van der Waals surface area contributed by atoms with E-state index in [9.17, 15) is 18.0 Å². The van der Waals surface area contributed by atoms with Gasteiger partial charge in [0.2, 0.25) is 0 Å². The second-order valence-corrected chi connectivity index (χ2v) is 5.51. The molecule has 23 heavy (non-hydrogen) atoms. The molecule has 2 aromatic rings. The maximum Gasteiger partial charge on any atom is 0.416 e. The van der Waals surface area contributed by atoms with Crippen LogP contribution < -0.4 is 5.32 Å². The zero-order valence-corrected chi connectivity index (χ0v) is 12.5. The number of hydrogen-bond donors (Lipinski definition) is 3. The highest BCUT2D eigenvalue weighted by Gasteiger charge is 2.30. The number of carbonyl (C=O) groups excluding carboxylic acids is 1. The molecule has 0 bridgehead atoms. The molecule has 1 aromatic heterocycles. The first kappa shape index (κ1) is 17.4. The van der Waals surface area contributed by atoms with E-state index < -0.39 is 36.9 Å². The smallest absolute Gasteiger partial charge is 0.394 e. The van der Waals surface area contributed by atoms with Crippen LogP contribution in [0.1, 0.15) is 16.1 Å². The van der Waals surface area contributed by atoms with Crippen LogP contribution in [0.3, 0.4) is 0 Å². The molecule has 0 unspecified atom stereocenters. The van der Waals surface area contributed by atoms with Gasteiger partial charge in [0.05, 0.1) is 24.8 Å². The van der Waals surface area contributed by atoms with Gasteiger partial charge in [-0.1, -0.05) is 12.1 Å². The lowest BCUT2D eigenvalue weighted by Crippen LogP contribution is -2.40. The van der Waals surface area contributed by atoms with Crippen LogP contribution in [-0.4, -0.2) is 40.4 Å². The summed E-state index contributed by atoms with van der Waals surface area (Å²) >= 11 is 1.03. The van der Waals surface area contributed by atoms with Crippen molar-refractivity contribution in [1.29, 1.82) is 0 Å². The number of hydrogen-bond acceptors (Lipinski definition) is 5. The Hall–Kier alpha value is -1.97. The summed E-state index contributed by atoms with van der Waals surface area (Å²) in [5.74, 6) is -0.618. The van der Waals surface area contributed by atoms with E-state index in [0.717, 1.165) is 23.5 Å². The Morgan fingerprint density at radius 1 is 1.30 bits per heavy atom. The summed E-state index contributed by atoms with van der Waals surface area (Å²) < 4.78 is 38.1. The summed E-state index contributed by atoms with van der Waals surface area (Å²) in [6, 6.07) is 3.84. The summed E-state index contributed by atoms with van der Waals surface area (Å²) in [4.78, 5) is 15.9. The third kappa shape index (κ3) is 4.27. The normalized spacial score (nSPS) is 11.7. The lowest BCUT2D eigenvalue weighted by molar-refractivity contribution is -0.137. The molecule has 0 saturated heterocycles. The van der Waals surface area contributed by atoms with Crippen LogP contribution in [0, 0.1) is 0 Å². The number of aliphatic hydroxyl groups excluding tert-OH is 2. The quantitative estimate of drug-likeness (QED) is 0.772. The topological polar surface area (TPSA) is 82.5 Å². The number of aliphatic hydroxyl groups is 2. The zero-order chi connectivity index (χ0) is 17.0. The summed E-state index contributed by atoms with van der Waals surface area (Å²) in [6.45, 7) is -0.875. The first-order chi connectivity index (χ1) is 10.8. The minimum absolute atomic E-state index is 0.00862. The predicted molar refractivity (Wildman–Crippen MR) is 78.0 cm³/mol. The first-order valence-electron chi connectivity index (χ1n) is 6.51. The molecule has 0 atom stereocenters. The van der Waals surface area contributed by atoms with E-state index in [1.807, 2.05) is 0 Å². The number of alkyl halides is 3. The summed E-state index contributed by atoms with van der Waals surface area (Å²) in [5, 5.41) is 21.9. The van der Waals surface area contributed by atoms with Crippen LogP contribution in [-0.2, 0) is 6.18 Å². The molecule has 2 rings (SSSR count). The molecule has 3 N–H and O–H groups in total. The summed E-state index contributed by atoms with van der Waals surface area (Å²) in [5.41, 5.74) is -0.532. The van der Waals surface area contributed by atoms with Crippen molar-refractivity contribution in [1.82, 2.24) is 10.3 Å². The van der Waals surface area contributed by atoms with Gasteiger partial charge in [-0.05, 0) is 12.1 Å². The van der Waals surface area contributed by atoms with Crippen LogP contribution in [0.4, 0.5) is 13.2 Å². The number of carbonyl (C=O) groups is 1. The van der Waals surface area contributed by atoms with Gasteiger partial charge in [0.1, 0.15) is 10.7 Å². The minimum atomic E-state index is -4.46. The maximum absolute atomic E-state index is 12.7. The van der Waals surface area contributed by atoms with Crippen molar-refractivity contribution in [2.45, 2.75) is 12.2 Å². The lowest BCUT2D eigenvalue weighted by atomic mass is 10.1. The largest absolute Gasteiger partial charge is 0.416 e. The molecule has 124 valence electrons. The fourth-order valence-electron chi connectivity index (χ4n) is 1.75. The number of halogens is 3. The molecule has 0 aliphatic carbocycles. The second-order valence-electron chi connectivity index (χ2n) is 4.65. The van der Waals surface area contributed by atoms with Crippen LogP contribution in [0.5, 0.6) is 0 Å². The van der Waals surface area contributed by atoms with Crippen LogP contribution >= 0.6 is 11.3 Å². The van der Waals surface area contributed by atoms with Crippen molar-refractivity contribution in [2.75, 3.05) is 13.2 Å². The van der Waals surface area contributed by atoms with Crippen molar-refractivity contribution in [3.8, 4) is 10.6 Å². The predicted octanol–water partition coefficient (Wildman–Crippen LogP) is 1.91. The lowest BCUT2D eigenvalue weighted by Gasteiger charge is -2.11. The fourth-order valence-corrected chi connectivity index (χ4v) is 2.54. The molecule has 5 nitrogen and oxygen atoms in total. The summed E-state index contributed by atoms with van der Waals surface area (Å²) in [7, 11) is 0. The molecule has 1 heterocycles. The molecule has 9 heteroatoms. The van der Waals surface area contributed by atoms with E-state index in [2.05, 4.69) is 10.3 Å². The van der Waals surface area contributed by atoms with E-state index in [1.54, 1.807) is 0 Å². The average molecular weight is 346 g/mol. The minimum Gasteiger partial charge on any atom is -0.394 e. The molecule has 0 fully saturated rings. The van der Waals surface area contributed by atoms with Crippen molar-refractivity contribution >= 4 is 17.2 Å². The van der Waals surface area contributed by atoms with E-state index >= 15 is 0 Å². The van der Waals surface area contributed by atoms with Crippen molar-refractivity contribution < 1.29 is 28.2 Å². The Morgan fingerprint density at radius 3 is 2.61 bits per heavy atom. The van der Waals surface area contributed by atoms with Gasteiger partial charge < -0.3 is 15.5 Å². The third-order valence-corrected chi connectivity index (χ3v) is 3.84. The zero-order valence-electron chi connectivity index (χ0n) is 11.7. The van der Waals surface area contributed by atoms with Crippen molar-refractivity contribution in [3.63, 3.8) is 0 Å². The third-order valence-electron chi connectivity index (χ3n) is 2.95. The van der Waals surface area contributed by atoms with E-state index in [0.29, 0.717) is 0 Å². The Kier molecular flexibility index (Phi) is 5.34. The van der Waals surface area contributed by atoms with Gasteiger partial charge in [-0.3, -0.25) is 4.79 Å². The number of thiazole rings is 1. The molecule has 1 amide bonds. The highest BCUT2D eigenvalue weighted by atomic mass is 32.1. The SMILES string of the molecule is O=C(NC(CO)CO)c1csc(-c2cccc(C(F)(F)F)c2)n1. The van der Waals surface area contributed by atoms with Crippen LogP contribution in [0.15, 0.2) is 29.6 Å². The molecule has 1 aromatic carbocycles. The number of nitrogens with one attached hydrogen (secondary N) is 1. The Labute approximate surface area is 133 Å². The number of rotatable bonds is 5. The highest BCUT2D eigenvalue weighted by Crippen LogP contribution is 2.33. The summed E-state index contributed by atoms with van der Waals surface area (Å²) in [6.07, 6.45) is -4.46. The molecule has 0 aliphatic heterocycles. The van der Waals surface area contributed by atoms with Crippen LogP contribution in [0.25, 0.3) is 10.6 Å². The van der Waals surface area contributed by atoms with Crippen molar-refractivity contribution in [2.24, 2.45) is 0 Å². The monoisotopic (exact) mass is 346 g/mol. The van der Waals surface area contributed by atoms with Gasteiger partial charge in [-0.2, -0.15) is 13.2 Å². The number of nitrogens with zero attached hydrogens (tertiary/aromatic N) is 1. The number of amides is 1. The van der Waals surface area contributed by atoms with Crippen LogP contribution in [0.2, 0.25) is 0 Å². The van der Waals surface area contributed by atoms with Gasteiger partial charge in [0, 0.05) is 10.9 Å². The second kappa shape index (κ2) is 7.07. The van der Waals surface area contributed by atoms with E-state index in [1.165, 1.54) is 17.5 Å². The fraction of sp³-hybridized carbons (Fsp3) is 0.286. The van der Waals surface area contributed by atoms with Gasteiger partial charge in [0.15, 0.2) is 0 Å². The van der Waals surface area contributed by atoms with Gasteiger partial charge in [0.25, 0.3) is 5.91 Å². The van der Waals surface area contributed by atoms with Gasteiger partial charge >= 0.3 is 6.18 Å². The van der Waals surface area contributed by atoms with E-state index in [-0.39, 0.29) is 16.3 Å². The van der Waals surface area contributed by atoms with Gasteiger partial charge in [-0.25, -0.2) is 4.98 Å². The Balaban J connectivity index is 2.21. The van der Waals surface area contributed by atoms with Gasteiger partial charge in [-0.15, -0.1) is 11.3 Å². The van der Waals surface area contributed by atoms with Crippen molar-refractivity contribution in [3.05, 3.63) is 40.9 Å². The molecule has 0 saturated carbocycles. The Morgan fingerprint density at radius 2 is 2.00 bits per heavy atom. The first-order valence-corrected chi connectivity index (χ1v) is 7.39. The Bertz CT molecular complexity index is 684. The molecule has 0 radical (unpaired) electrons. The molecule has 0 spiro atoms. The highest BCUT2D eigenvalue weighted by molar-refractivity contribution is 7.13. The van der Waals surface area contributed by atoms with E-state index in [4.69, 9.17) is 10.2 Å². The molecular weight excluding hydrogens is 333 g/mol. The standard InChI is InChI=1S/C14H13F3N2O3S/c15-14(16,17)9-3-1-2-8(4-9)13-19-11(7-23-13)12(22)18-10(5-20)6-21/h1-4,7,10,20-21H,5-6H2,(H,18,22). The number of benzene rings is 1. The maximum atomic E-state index is 12.7. The molecule has 0 aliphatic rings. The molecular formula is C14H13F3N2O3S. The average Bonchev–Trinajstić information content (AvgIpc) is 3.02.